The zero-order valence-corrected chi connectivity index (χ0v) is 21.3. The van der Waals surface area contributed by atoms with Crippen molar-refractivity contribution >= 4 is 28.9 Å². The lowest BCUT2D eigenvalue weighted by molar-refractivity contribution is -0.884. The standard InChI is InChI=1S/C26H31N3O3S.ClH/c1-17-3-7-20(8-4-17)25(30)29(21-11-13-28(2)14-12-21)22-15-23(33-24(22)26(31)32)19-9-5-18(16-27)6-10-19;/h5-6,9-10,15,17,20-21H,3-4,7-8,11-14H2,1-2H3,(H,31,32);1H. The topological polar surface area (TPSA) is 85.8 Å². The highest BCUT2D eigenvalue weighted by atomic mass is 35.5. The van der Waals surface area contributed by atoms with E-state index in [9.17, 15) is 14.7 Å². The third-order valence-corrected chi connectivity index (χ3v) is 8.40. The van der Waals surface area contributed by atoms with E-state index in [1.165, 1.54) is 16.2 Å². The van der Waals surface area contributed by atoms with Gasteiger partial charge < -0.3 is 27.3 Å². The second kappa shape index (κ2) is 11.4. The quantitative estimate of drug-likeness (QED) is 0.635. The van der Waals surface area contributed by atoms with Crippen LogP contribution in [0.15, 0.2) is 30.3 Å². The molecule has 2 fully saturated rings. The molecular weight excluding hydrogens is 470 g/mol. The summed E-state index contributed by atoms with van der Waals surface area (Å²) in [6.45, 7) is 4.19. The summed E-state index contributed by atoms with van der Waals surface area (Å²) < 4.78 is 0. The molecule has 1 aromatic carbocycles. The second-order valence-corrected chi connectivity index (χ2v) is 10.7. The maximum atomic E-state index is 13.9. The number of carboxylic acids is 1. The molecule has 2 aliphatic rings. The molecule has 2 heterocycles. The molecule has 1 aliphatic heterocycles. The third-order valence-electron chi connectivity index (χ3n) is 7.24. The minimum absolute atomic E-state index is 0. The van der Waals surface area contributed by atoms with E-state index in [2.05, 4.69) is 20.0 Å². The fourth-order valence-electron chi connectivity index (χ4n) is 5.12. The summed E-state index contributed by atoms with van der Waals surface area (Å²) in [5.74, 6) is -0.289. The zero-order chi connectivity index (χ0) is 23.5. The number of likely N-dealkylation sites (tertiary alicyclic amines) is 1. The monoisotopic (exact) mass is 501 g/mol. The first kappa shape index (κ1) is 26.2. The predicted octanol–water partition coefficient (Wildman–Crippen LogP) is 0.825. The molecule has 4 rings (SSSR count). The van der Waals surface area contributed by atoms with Gasteiger partial charge in [-0.05, 0) is 55.4 Å². The Bertz CT molecular complexity index is 1050. The molecule has 2 aromatic rings. The van der Waals surface area contributed by atoms with Gasteiger partial charge in [0.1, 0.15) is 4.88 Å². The Morgan fingerprint density at radius 1 is 1.09 bits per heavy atom. The predicted molar refractivity (Wildman–Crippen MR) is 130 cm³/mol. The first-order valence-electron chi connectivity index (χ1n) is 11.9. The number of nitrogens with one attached hydrogen (secondary N) is 1. The van der Waals surface area contributed by atoms with Gasteiger partial charge >= 0.3 is 5.97 Å². The van der Waals surface area contributed by atoms with E-state index in [1.54, 1.807) is 12.1 Å². The average molecular weight is 502 g/mol. The zero-order valence-electron chi connectivity index (χ0n) is 19.7. The van der Waals surface area contributed by atoms with Crippen molar-refractivity contribution in [1.29, 1.82) is 5.26 Å². The van der Waals surface area contributed by atoms with E-state index in [0.29, 0.717) is 17.2 Å². The van der Waals surface area contributed by atoms with Crippen molar-refractivity contribution in [3.8, 4) is 16.5 Å². The highest BCUT2D eigenvalue weighted by Crippen LogP contribution is 2.40. The van der Waals surface area contributed by atoms with Crippen molar-refractivity contribution in [3.63, 3.8) is 0 Å². The number of amides is 1. The highest BCUT2D eigenvalue weighted by Gasteiger charge is 2.37. The second-order valence-electron chi connectivity index (χ2n) is 9.67. The number of rotatable bonds is 5. The van der Waals surface area contributed by atoms with Crippen LogP contribution in [0.4, 0.5) is 5.69 Å². The fraction of sp³-hybridized carbons (Fsp3) is 0.500. The Morgan fingerprint density at radius 3 is 2.26 bits per heavy atom. The summed E-state index contributed by atoms with van der Waals surface area (Å²) in [6, 6.07) is 11.2. The minimum Gasteiger partial charge on any atom is -1.00 e. The summed E-state index contributed by atoms with van der Waals surface area (Å²) in [5.41, 5.74) is 1.96. The molecule has 1 aromatic heterocycles. The number of carbonyl (C=O) groups is 2. The summed E-state index contributed by atoms with van der Waals surface area (Å²) in [7, 11) is 2.17. The normalized spacial score (nSPS) is 24.5. The molecule has 1 saturated carbocycles. The minimum atomic E-state index is -0.997. The number of aromatic carboxylic acids is 1. The lowest BCUT2D eigenvalue weighted by atomic mass is 9.82. The number of halogens is 1. The Labute approximate surface area is 211 Å². The van der Waals surface area contributed by atoms with Crippen LogP contribution in [0, 0.1) is 23.2 Å². The molecule has 0 radical (unpaired) electrons. The van der Waals surface area contributed by atoms with E-state index < -0.39 is 5.97 Å². The number of hydrogen-bond donors (Lipinski definition) is 2. The molecule has 0 unspecified atom stereocenters. The number of anilines is 1. The van der Waals surface area contributed by atoms with E-state index >= 15 is 0 Å². The molecule has 0 bridgehead atoms. The number of nitriles is 1. The lowest BCUT2D eigenvalue weighted by Crippen LogP contribution is -3.10. The maximum Gasteiger partial charge on any atom is 0.348 e. The van der Waals surface area contributed by atoms with Crippen LogP contribution in [0.1, 0.15) is 60.7 Å². The van der Waals surface area contributed by atoms with E-state index in [-0.39, 0.29) is 35.2 Å². The summed E-state index contributed by atoms with van der Waals surface area (Å²) >= 11 is 1.21. The van der Waals surface area contributed by atoms with Gasteiger partial charge in [-0.1, -0.05) is 19.1 Å². The summed E-state index contributed by atoms with van der Waals surface area (Å²) in [6.07, 6.45) is 5.61. The van der Waals surface area contributed by atoms with Gasteiger partial charge in [0.25, 0.3) is 0 Å². The third kappa shape index (κ3) is 5.63. The first-order chi connectivity index (χ1) is 15.9. The van der Waals surface area contributed by atoms with Crippen molar-refractivity contribution in [1.82, 2.24) is 0 Å². The summed E-state index contributed by atoms with van der Waals surface area (Å²) in [4.78, 5) is 30.5. The molecule has 34 heavy (non-hydrogen) atoms. The van der Waals surface area contributed by atoms with Crippen LogP contribution in [-0.4, -0.2) is 43.2 Å². The Hall–Kier alpha value is -2.40. The number of carboxylic acid groups (broad SMARTS) is 1. The number of quaternary nitrogens is 1. The van der Waals surface area contributed by atoms with Crippen LogP contribution >= 0.6 is 11.3 Å². The molecular formula is C26H32ClN3O3S. The number of thiophene rings is 1. The van der Waals surface area contributed by atoms with Gasteiger partial charge in [0.2, 0.25) is 5.91 Å². The Morgan fingerprint density at radius 2 is 1.71 bits per heavy atom. The molecule has 182 valence electrons. The molecule has 0 atom stereocenters. The SMILES string of the molecule is CC1CCC(C(=O)N(c2cc(-c3ccc(C#N)cc3)sc2C(=O)O)C2CC[NH+](C)CC2)CC1.[Cl-]. The fourth-order valence-corrected chi connectivity index (χ4v) is 6.11. The van der Waals surface area contributed by atoms with Gasteiger partial charge in [-0.15, -0.1) is 11.3 Å². The van der Waals surface area contributed by atoms with Crippen molar-refractivity contribution in [2.24, 2.45) is 11.8 Å². The smallest absolute Gasteiger partial charge is 0.348 e. The number of hydrogen-bond acceptors (Lipinski definition) is 4. The van der Waals surface area contributed by atoms with Crippen LogP contribution in [0.2, 0.25) is 0 Å². The average Bonchev–Trinajstić information content (AvgIpc) is 3.26. The molecule has 1 aliphatic carbocycles. The van der Waals surface area contributed by atoms with Crippen LogP contribution in [0.5, 0.6) is 0 Å². The molecule has 6 nitrogen and oxygen atoms in total. The molecule has 1 amide bonds. The van der Waals surface area contributed by atoms with E-state index in [4.69, 9.17) is 5.26 Å². The number of nitrogens with zero attached hydrogens (tertiary/aromatic N) is 2. The molecule has 8 heteroatoms. The maximum absolute atomic E-state index is 13.9. The van der Waals surface area contributed by atoms with Crippen molar-refractivity contribution in [2.45, 2.75) is 51.5 Å². The number of piperidine rings is 1. The van der Waals surface area contributed by atoms with Gasteiger partial charge in [-0.3, -0.25) is 4.79 Å². The Balaban J connectivity index is 0.00000324. The van der Waals surface area contributed by atoms with Crippen LogP contribution < -0.4 is 22.2 Å². The van der Waals surface area contributed by atoms with Gasteiger partial charge in [-0.2, -0.15) is 5.26 Å². The van der Waals surface area contributed by atoms with Gasteiger partial charge in [-0.25, -0.2) is 4.79 Å². The molecule has 0 spiro atoms. The number of carbonyl (C=O) groups excluding carboxylic acids is 1. The van der Waals surface area contributed by atoms with Crippen LogP contribution in [-0.2, 0) is 4.79 Å². The first-order valence-corrected chi connectivity index (χ1v) is 12.7. The van der Waals surface area contributed by atoms with Crippen LogP contribution in [0.3, 0.4) is 0 Å². The van der Waals surface area contributed by atoms with Crippen molar-refractivity contribution < 1.29 is 32.0 Å². The van der Waals surface area contributed by atoms with Crippen molar-refractivity contribution in [3.05, 3.63) is 40.8 Å². The van der Waals surface area contributed by atoms with Gasteiger partial charge in [0.15, 0.2) is 0 Å². The van der Waals surface area contributed by atoms with Crippen LogP contribution in [0.25, 0.3) is 10.4 Å². The van der Waals surface area contributed by atoms with E-state index in [0.717, 1.165) is 62.1 Å². The van der Waals surface area contributed by atoms with E-state index in [1.807, 2.05) is 23.1 Å². The van der Waals surface area contributed by atoms with Gasteiger partial charge in [0.05, 0.1) is 37.5 Å². The van der Waals surface area contributed by atoms with Crippen molar-refractivity contribution in [2.75, 3.05) is 25.0 Å². The number of benzene rings is 1. The largest absolute Gasteiger partial charge is 1.00 e. The Kier molecular flexibility index (Phi) is 8.75. The lowest BCUT2D eigenvalue weighted by Gasteiger charge is -2.38. The molecule has 2 N–H and O–H groups in total. The van der Waals surface area contributed by atoms with Gasteiger partial charge in [0, 0.05) is 29.7 Å². The molecule has 1 saturated heterocycles. The highest BCUT2D eigenvalue weighted by molar-refractivity contribution is 7.18. The summed E-state index contributed by atoms with van der Waals surface area (Å²) in [5, 5.41) is 19.1.